The van der Waals surface area contributed by atoms with Crippen molar-refractivity contribution in [1.82, 2.24) is 15.5 Å². The zero-order valence-corrected chi connectivity index (χ0v) is 23.3. The zero-order valence-electron chi connectivity index (χ0n) is 22.5. The van der Waals surface area contributed by atoms with Crippen LogP contribution in [0.3, 0.4) is 0 Å². The molecule has 1 heterocycles. The van der Waals surface area contributed by atoms with Crippen LogP contribution in [0.1, 0.15) is 32.6 Å². The van der Waals surface area contributed by atoms with E-state index >= 15 is 0 Å². The molecule has 0 spiro atoms. The number of nitrogens with zero attached hydrogens (tertiary/aromatic N) is 1. The average Bonchev–Trinajstić information content (AvgIpc) is 3.44. The molecule has 3 amide bonds. The Balaban J connectivity index is 1.50. The van der Waals surface area contributed by atoms with Crippen LogP contribution in [0.5, 0.6) is 5.75 Å². The van der Waals surface area contributed by atoms with Gasteiger partial charge >= 0.3 is 0 Å². The van der Waals surface area contributed by atoms with Crippen LogP contribution in [0.25, 0.3) is 0 Å². The summed E-state index contributed by atoms with van der Waals surface area (Å²) in [7, 11) is 0. The fraction of sp³-hybridized carbons (Fsp3) is 0.300. The summed E-state index contributed by atoms with van der Waals surface area (Å²) < 4.78 is 0. The first-order chi connectivity index (χ1) is 19.2. The molecule has 0 radical (unpaired) electrons. The summed E-state index contributed by atoms with van der Waals surface area (Å²) in [5.41, 5.74) is 9.79. The number of nitrogen functional groups attached to an aromatic ring is 1. The van der Waals surface area contributed by atoms with Gasteiger partial charge in [-0.1, -0.05) is 42.5 Å². The van der Waals surface area contributed by atoms with E-state index in [1.54, 1.807) is 31.2 Å². The molecule has 0 aromatic heterocycles. The Labute approximate surface area is 237 Å². The molecule has 3 atom stereocenters. The van der Waals surface area contributed by atoms with E-state index in [1.807, 2.05) is 43.3 Å². The number of anilines is 1. The van der Waals surface area contributed by atoms with Crippen molar-refractivity contribution in [3.8, 4) is 5.75 Å². The number of carbonyl (C=O) groups excluding carboxylic acids is 3. The van der Waals surface area contributed by atoms with Crippen LogP contribution in [0.2, 0.25) is 0 Å². The molecule has 3 aromatic carbocycles. The quantitative estimate of drug-likeness (QED) is 0.252. The standard InChI is InChI=1S/C30H34N4O5S/c1-18-11-12-22(31)14-21(18)15-32-29(38)25-16-40-17-34(25)30(39)27(36)24(13-20-7-4-3-5-8-20)33-28(37)23-9-6-10-26(35)19(23)2/h3-12,14,24-25,27,35-36H,13,15-17,31H2,1-2H3,(H,32,38)(H,33,37)/t24-,25-,27-/m0/s1. The number of aryl methyl sites for hydroxylation is 1. The molecular weight excluding hydrogens is 528 g/mol. The Morgan fingerprint density at radius 1 is 1.07 bits per heavy atom. The van der Waals surface area contributed by atoms with Crippen LogP contribution in [0, 0.1) is 13.8 Å². The number of aliphatic hydroxyl groups excluding tert-OH is 1. The van der Waals surface area contributed by atoms with E-state index in [0.29, 0.717) is 17.0 Å². The number of phenolic OH excluding ortho intramolecular Hbond substituents is 1. The lowest BCUT2D eigenvalue weighted by atomic mass is 9.98. The molecule has 40 heavy (non-hydrogen) atoms. The van der Waals surface area contributed by atoms with E-state index in [9.17, 15) is 24.6 Å². The predicted octanol–water partition coefficient (Wildman–Crippen LogP) is 2.51. The van der Waals surface area contributed by atoms with Crippen molar-refractivity contribution >= 4 is 35.2 Å². The van der Waals surface area contributed by atoms with Gasteiger partial charge in [-0.25, -0.2) is 0 Å². The van der Waals surface area contributed by atoms with Gasteiger partial charge in [-0.15, -0.1) is 11.8 Å². The van der Waals surface area contributed by atoms with Crippen molar-refractivity contribution in [3.63, 3.8) is 0 Å². The molecule has 1 fully saturated rings. The van der Waals surface area contributed by atoms with Crippen LogP contribution >= 0.6 is 11.8 Å². The number of aromatic hydroxyl groups is 1. The molecule has 0 saturated carbocycles. The molecule has 1 aliphatic rings. The summed E-state index contributed by atoms with van der Waals surface area (Å²) in [4.78, 5) is 41.2. The minimum absolute atomic E-state index is 0.0276. The number of carbonyl (C=O) groups is 3. The summed E-state index contributed by atoms with van der Waals surface area (Å²) in [5.74, 6) is -0.893. The van der Waals surface area contributed by atoms with Crippen molar-refractivity contribution in [2.45, 2.75) is 45.0 Å². The third-order valence-corrected chi connectivity index (χ3v) is 8.11. The van der Waals surface area contributed by atoms with Gasteiger partial charge in [-0.2, -0.15) is 0 Å². The topological polar surface area (TPSA) is 145 Å². The molecule has 6 N–H and O–H groups in total. The molecule has 0 unspecified atom stereocenters. The lowest BCUT2D eigenvalue weighted by Crippen LogP contribution is -2.56. The number of benzene rings is 3. The Hall–Kier alpha value is -4.02. The number of phenols is 1. The number of aliphatic hydroxyl groups is 1. The molecular formula is C30H34N4O5S. The van der Waals surface area contributed by atoms with Crippen molar-refractivity contribution in [2.24, 2.45) is 0 Å². The SMILES string of the molecule is Cc1ccc(N)cc1CNC(=O)[C@@H]1CSCN1C(=O)[C@@H](O)[C@H](Cc1ccccc1)NC(=O)c1cccc(O)c1C. The lowest BCUT2D eigenvalue weighted by Gasteiger charge is -2.30. The Morgan fingerprint density at radius 3 is 2.58 bits per heavy atom. The summed E-state index contributed by atoms with van der Waals surface area (Å²) in [6.45, 7) is 3.81. The first-order valence-electron chi connectivity index (χ1n) is 13.0. The summed E-state index contributed by atoms with van der Waals surface area (Å²) >= 11 is 1.42. The second-order valence-electron chi connectivity index (χ2n) is 9.89. The molecule has 0 bridgehead atoms. The number of hydrogen-bond acceptors (Lipinski definition) is 7. The molecule has 0 aliphatic carbocycles. The van der Waals surface area contributed by atoms with Crippen molar-refractivity contribution in [2.75, 3.05) is 17.4 Å². The van der Waals surface area contributed by atoms with E-state index in [-0.39, 0.29) is 36.1 Å². The van der Waals surface area contributed by atoms with Crippen molar-refractivity contribution in [1.29, 1.82) is 0 Å². The number of nitrogens with two attached hydrogens (primary N) is 1. The minimum atomic E-state index is -1.60. The fourth-order valence-corrected chi connectivity index (χ4v) is 5.79. The van der Waals surface area contributed by atoms with Gasteiger partial charge < -0.3 is 31.5 Å². The van der Waals surface area contributed by atoms with Gasteiger partial charge in [0.05, 0.1) is 11.9 Å². The minimum Gasteiger partial charge on any atom is -0.508 e. The number of rotatable bonds is 9. The normalized spacial score (nSPS) is 16.3. The largest absolute Gasteiger partial charge is 0.508 e. The number of thioether (sulfide) groups is 1. The first kappa shape index (κ1) is 29.0. The van der Waals surface area contributed by atoms with Gasteiger partial charge in [0.1, 0.15) is 11.8 Å². The van der Waals surface area contributed by atoms with Gasteiger partial charge in [0.25, 0.3) is 11.8 Å². The van der Waals surface area contributed by atoms with Gasteiger partial charge in [0, 0.05) is 29.1 Å². The summed E-state index contributed by atoms with van der Waals surface area (Å²) in [6.07, 6.45) is -1.42. The Bertz CT molecular complexity index is 1380. The molecule has 9 nitrogen and oxygen atoms in total. The maximum Gasteiger partial charge on any atom is 0.254 e. The smallest absolute Gasteiger partial charge is 0.254 e. The van der Waals surface area contributed by atoms with E-state index < -0.39 is 30.0 Å². The van der Waals surface area contributed by atoms with Crippen molar-refractivity contribution in [3.05, 3.63) is 94.5 Å². The second-order valence-corrected chi connectivity index (χ2v) is 10.9. The number of nitrogens with one attached hydrogen (secondary N) is 2. The molecule has 3 aromatic rings. The highest BCUT2D eigenvalue weighted by Gasteiger charge is 2.40. The van der Waals surface area contributed by atoms with Crippen molar-refractivity contribution < 1.29 is 24.6 Å². The molecule has 1 aliphatic heterocycles. The van der Waals surface area contributed by atoms with Crippen LogP contribution in [0.4, 0.5) is 5.69 Å². The molecule has 10 heteroatoms. The maximum absolute atomic E-state index is 13.6. The molecule has 4 rings (SSSR count). The highest BCUT2D eigenvalue weighted by molar-refractivity contribution is 7.99. The Morgan fingerprint density at radius 2 is 1.82 bits per heavy atom. The fourth-order valence-electron chi connectivity index (χ4n) is 4.63. The average molecular weight is 563 g/mol. The third-order valence-electron chi connectivity index (χ3n) is 7.09. The predicted molar refractivity (Wildman–Crippen MR) is 156 cm³/mol. The van der Waals surface area contributed by atoms with E-state index in [2.05, 4.69) is 10.6 Å². The maximum atomic E-state index is 13.6. The van der Waals surface area contributed by atoms with E-state index in [4.69, 9.17) is 5.73 Å². The van der Waals surface area contributed by atoms with Gasteiger partial charge in [0.15, 0.2) is 6.10 Å². The van der Waals surface area contributed by atoms with Crippen LogP contribution in [-0.4, -0.2) is 62.7 Å². The van der Waals surface area contributed by atoms with Gasteiger partial charge in [-0.3, -0.25) is 14.4 Å². The highest BCUT2D eigenvalue weighted by atomic mass is 32.2. The molecule has 210 valence electrons. The zero-order chi connectivity index (χ0) is 28.8. The number of hydrogen-bond donors (Lipinski definition) is 5. The van der Waals surface area contributed by atoms with E-state index in [0.717, 1.165) is 16.7 Å². The monoisotopic (exact) mass is 562 g/mol. The van der Waals surface area contributed by atoms with Crippen LogP contribution < -0.4 is 16.4 Å². The highest BCUT2D eigenvalue weighted by Crippen LogP contribution is 2.24. The van der Waals surface area contributed by atoms with Gasteiger partial charge in [-0.05, 0) is 61.2 Å². The lowest BCUT2D eigenvalue weighted by molar-refractivity contribution is -0.146. The summed E-state index contributed by atoms with van der Waals surface area (Å²) in [5, 5.41) is 27.0. The number of amides is 3. The van der Waals surface area contributed by atoms with Crippen LogP contribution in [0.15, 0.2) is 66.7 Å². The summed E-state index contributed by atoms with van der Waals surface area (Å²) in [6, 6.07) is 17.5. The van der Waals surface area contributed by atoms with Crippen LogP contribution in [-0.2, 0) is 22.6 Å². The third kappa shape index (κ3) is 6.75. The van der Waals surface area contributed by atoms with E-state index in [1.165, 1.54) is 22.7 Å². The Kier molecular flexibility index (Phi) is 9.34. The first-order valence-corrected chi connectivity index (χ1v) is 14.1. The second kappa shape index (κ2) is 12.9. The molecule has 1 saturated heterocycles. The van der Waals surface area contributed by atoms with Gasteiger partial charge in [0.2, 0.25) is 5.91 Å².